The fourth-order valence-corrected chi connectivity index (χ4v) is 5.08. The molecule has 1 aromatic heterocycles. The molecular formula is C22H21ClN2O3S. The van der Waals surface area contributed by atoms with Crippen molar-refractivity contribution in [3.63, 3.8) is 0 Å². The molecule has 0 radical (unpaired) electrons. The summed E-state index contributed by atoms with van der Waals surface area (Å²) in [5.41, 5.74) is 1.04. The van der Waals surface area contributed by atoms with Crippen molar-refractivity contribution in [1.29, 1.82) is 0 Å². The summed E-state index contributed by atoms with van der Waals surface area (Å²) in [6.07, 6.45) is 4.39. The lowest BCUT2D eigenvalue weighted by Gasteiger charge is -2.17. The number of ether oxygens (including phenoxy) is 1. The molecule has 1 atom stereocenters. The summed E-state index contributed by atoms with van der Waals surface area (Å²) in [5.74, 6) is 0.764. The highest BCUT2D eigenvalue weighted by molar-refractivity contribution is 8.00. The number of aromatic nitrogens is 2. The van der Waals surface area contributed by atoms with Crippen molar-refractivity contribution in [3.8, 4) is 11.4 Å². The van der Waals surface area contributed by atoms with Crippen LogP contribution in [-0.4, -0.2) is 27.7 Å². The Kier molecular flexibility index (Phi) is 5.92. The van der Waals surface area contributed by atoms with Crippen molar-refractivity contribution in [2.75, 3.05) is 7.11 Å². The Labute approximate surface area is 178 Å². The van der Waals surface area contributed by atoms with Gasteiger partial charge in [-0.1, -0.05) is 48.3 Å². The van der Waals surface area contributed by atoms with Crippen molar-refractivity contribution in [2.45, 2.75) is 42.5 Å². The number of thioether (sulfide) groups is 1. The van der Waals surface area contributed by atoms with Crippen LogP contribution in [0.25, 0.3) is 16.6 Å². The Hall–Kier alpha value is -2.31. The summed E-state index contributed by atoms with van der Waals surface area (Å²) >= 11 is 7.70. The Morgan fingerprint density at radius 1 is 1.14 bits per heavy atom. The molecule has 29 heavy (non-hydrogen) atoms. The first-order valence-electron chi connectivity index (χ1n) is 9.63. The topological polar surface area (TPSA) is 61.2 Å². The van der Waals surface area contributed by atoms with Gasteiger partial charge in [0.15, 0.2) is 5.16 Å². The lowest BCUT2D eigenvalue weighted by atomic mass is 10.2. The molecule has 0 amide bonds. The van der Waals surface area contributed by atoms with E-state index in [-0.39, 0.29) is 16.6 Å². The van der Waals surface area contributed by atoms with Crippen LogP contribution >= 0.6 is 23.4 Å². The Balaban J connectivity index is 1.88. The number of halogens is 1. The van der Waals surface area contributed by atoms with Crippen LogP contribution in [0.5, 0.6) is 5.75 Å². The SMILES string of the molecule is COc1ccc(-n2c(SC3CCCCCC3=O)nc3ccccc3c2=O)cc1Cl. The van der Waals surface area contributed by atoms with Gasteiger partial charge in [-0.3, -0.25) is 14.2 Å². The van der Waals surface area contributed by atoms with Crippen LogP contribution in [-0.2, 0) is 4.79 Å². The zero-order chi connectivity index (χ0) is 20.4. The van der Waals surface area contributed by atoms with Gasteiger partial charge in [0, 0.05) is 6.42 Å². The first kappa shape index (κ1) is 20.0. The molecule has 4 rings (SSSR count). The van der Waals surface area contributed by atoms with E-state index in [1.165, 1.54) is 11.8 Å². The summed E-state index contributed by atoms with van der Waals surface area (Å²) in [5, 5.41) is 1.25. The molecule has 1 fully saturated rings. The number of nitrogens with zero attached hydrogens (tertiary/aromatic N) is 2. The number of benzene rings is 2. The van der Waals surface area contributed by atoms with E-state index in [1.807, 2.05) is 18.2 Å². The molecule has 5 nitrogen and oxygen atoms in total. The maximum Gasteiger partial charge on any atom is 0.266 e. The minimum Gasteiger partial charge on any atom is -0.495 e. The Bertz CT molecular complexity index is 1130. The minimum absolute atomic E-state index is 0.180. The van der Waals surface area contributed by atoms with Crippen LogP contribution in [0.3, 0.4) is 0 Å². The van der Waals surface area contributed by atoms with Crippen molar-refractivity contribution in [1.82, 2.24) is 9.55 Å². The zero-order valence-electron chi connectivity index (χ0n) is 16.1. The summed E-state index contributed by atoms with van der Waals surface area (Å²) in [6, 6.07) is 12.5. The Morgan fingerprint density at radius 2 is 1.97 bits per heavy atom. The van der Waals surface area contributed by atoms with Crippen LogP contribution in [0.1, 0.15) is 32.1 Å². The molecule has 1 unspecified atom stereocenters. The van der Waals surface area contributed by atoms with Gasteiger partial charge in [0.05, 0.1) is 34.0 Å². The third kappa shape index (κ3) is 4.05. The van der Waals surface area contributed by atoms with E-state index in [1.54, 1.807) is 35.9 Å². The second-order valence-electron chi connectivity index (χ2n) is 7.04. The molecule has 7 heteroatoms. The van der Waals surface area contributed by atoms with Gasteiger partial charge in [-0.2, -0.15) is 0 Å². The summed E-state index contributed by atoms with van der Waals surface area (Å²) in [4.78, 5) is 30.7. The number of para-hydroxylation sites is 1. The fourth-order valence-electron chi connectivity index (χ4n) is 3.59. The quantitative estimate of drug-likeness (QED) is 0.430. The van der Waals surface area contributed by atoms with Crippen molar-refractivity contribution < 1.29 is 9.53 Å². The summed E-state index contributed by atoms with van der Waals surface area (Å²) in [6.45, 7) is 0. The second kappa shape index (κ2) is 8.59. The van der Waals surface area contributed by atoms with Gasteiger partial charge in [0.2, 0.25) is 0 Å². The van der Waals surface area contributed by atoms with Crippen LogP contribution in [0.4, 0.5) is 0 Å². The molecule has 0 saturated heterocycles. The average molecular weight is 429 g/mol. The van der Waals surface area contributed by atoms with E-state index in [2.05, 4.69) is 0 Å². The zero-order valence-corrected chi connectivity index (χ0v) is 17.6. The van der Waals surface area contributed by atoms with Gasteiger partial charge in [0.25, 0.3) is 5.56 Å². The third-order valence-corrected chi connectivity index (χ3v) is 6.70. The fraction of sp³-hybridized carbons (Fsp3) is 0.318. The van der Waals surface area contributed by atoms with Crippen LogP contribution in [0.15, 0.2) is 52.4 Å². The maximum atomic E-state index is 13.4. The molecule has 1 heterocycles. The number of carbonyl (C=O) groups is 1. The van der Waals surface area contributed by atoms with Gasteiger partial charge < -0.3 is 4.74 Å². The van der Waals surface area contributed by atoms with Gasteiger partial charge in [-0.25, -0.2) is 4.98 Å². The smallest absolute Gasteiger partial charge is 0.266 e. The standard InChI is InChI=1S/C22H21ClN2O3S/c1-28-19-12-11-14(13-16(19)23)25-21(27)15-7-5-6-8-17(15)24-22(25)29-20-10-4-2-3-9-18(20)26/h5-8,11-13,20H,2-4,9-10H2,1H3. The largest absolute Gasteiger partial charge is 0.495 e. The lowest BCUT2D eigenvalue weighted by Crippen LogP contribution is -2.24. The predicted octanol–water partition coefficient (Wildman–Crippen LogP) is 5.04. The number of carbonyl (C=O) groups excluding carboxylic acids is 1. The van der Waals surface area contributed by atoms with E-state index in [4.69, 9.17) is 21.3 Å². The van der Waals surface area contributed by atoms with Crippen molar-refractivity contribution in [3.05, 3.63) is 57.8 Å². The minimum atomic E-state index is -0.189. The van der Waals surface area contributed by atoms with E-state index < -0.39 is 0 Å². The molecule has 2 aromatic carbocycles. The second-order valence-corrected chi connectivity index (χ2v) is 8.62. The first-order chi connectivity index (χ1) is 14.1. The van der Waals surface area contributed by atoms with E-state index in [0.717, 1.165) is 25.7 Å². The summed E-state index contributed by atoms with van der Waals surface area (Å²) < 4.78 is 6.78. The van der Waals surface area contributed by atoms with Crippen LogP contribution in [0.2, 0.25) is 5.02 Å². The molecule has 1 aliphatic rings. The molecule has 0 aliphatic heterocycles. The van der Waals surface area contributed by atoms with Crippen molar-refractivity contribution in [2.24, 2.45) is 0 Å². The molecular weight excluding hydrogens is 408 g/mol. The normalized spacial score (nSPS) is 17.3. The number of rotatable bonds is 4. The number of hydrogen-bond acceptors (Lipinski definition) is 5. The number of ketones is 1. The highest BCUT2D eigenvalue weighted by Crippen LogP contribution is 2.33. The van der Waals surface area contributed by atoms with Crippen molar-refractivity contribution >= 4 is 40.0 Å². The first-order valence-corrected chi connectivity index (χ1v) is 10.9. The van der Waals surface area contributed by atoms with E-state index >= 15 is 0 Å². The van der Waals surface area contributed by atoms with Gasteiger partial charge in [-0.15, -0.1) is 0 Å². The molecule has 1 saturated carbocycles. The average Bonchev–Trinajstić information content (AvgIpc) is 2.92. The Morgan fingerprint density at radius 3 is 2.76 bits per heavy atom. The molecule has 150 valence electrons. The maximum absolute atomic E-state index is 13.4. The van der Waals surface area contributed by atoms with Gasteiger partial charge in [-0.05, 0) is 43.2 Å². The summed E-state index contributed by atoms with van der Waals surface area (Å²) in [7, 11) is 1.55. The van der Waals surface area contributed by atoms with E-state index in [0.29, 0.717) is 38.9 Å². The van der Waals surface area contributed by atoms with Gasteiger partial charge in [0.1, 0.15) is 11.5 Å². The number of Topliss-reactive ketones (excluding diaryl/α,β-unsaturated/α-hetero) is 1. The molecule has 1 aliphatic carbocycles. The van der Waals surface area contributed by atoms with Gasteiger partial charge >= 0.3 is 0 Å². The van der Waals surface area contributed by atoms with Crippen LogP contribution < -0.4 is 10.3 Å². The highest BCUT2D eigenvalue weighted by atomic mass is 35.5. The van der Waals surface area contributed by atoms with E-state index in [9.17, 15) is 9.59 Å². The molecule has 3 aromatic rings. The number of hydrogen-bond donors (Lipinski definition) is 0. The molecule has 0 N–H and O–H groups in total. The lowest BCUT2D eigenvalue weighted by molar-refractivity contribution is -0.118. The third-order valence-electron chi connectivity index (χ3n) is 5.13. The monoisotopic (exact) mass is 428 g/mol. The van der Waals surface area contributed by atoms with Crippen LogP contribution in [0, 0.1) is 0 Å². The molecule has 0 bridgehead atoms. The highest BCUT2D eigenvalue weighted by Gasteiger charge is 2.25. The predicted molar refractivity (Wildman–Crippen MR) is 117 cm³/mol. The number of methoxy groups -OCH3 is 1. The number of fused-ring (bicyclic) bond motifs is 1. The molecule has 0 spiro atoms.